The van der Waals surface area contributed by atoms with Gasteiger partial charge < -0.3 is 9.73 Å². The van der Waals surface area contributed by atoms with E-state index in [0.29, 0.717) is 22.3 Å². The standard InChI is InChI=1S/C16H13F3N2O2S2/c1-9-6-24-15(21-9)25-7-11-10-4-2-3-5-12(10)23-13(11)14(22)20-8-16(17,18)19/h2-6H,7-8H2,1H3,(H,20,22). The number of alkyl halides is 3. The number of carbonyl (C=O) groups excluding carboxylic acids is 1. The summed E-state index contributed by atoms with van der Waals surface area (Å²) < 4.78 is 43.4. The van der Waals surface area contributed by atoms with Gasteiger partial charge in [-0.2, -0.15) is 13.2 Å². The number of thiazole rings is 1. The first-order valence-corrected chi connectivity index (χ1v) is 9.10. The number of halogens is 3. The van der Waals surface area contributed by atoms with E-state index in [4.69, 9.17) is 4.42 Å². The van der Waals surface area contributed by atoms with Gasteiger partial charge in [-0.05, 0) is 13.0 Å². The molecule has 1 aromatic carbocycles. The average Bonchev–Trinajstić information content (AvgIpc) is 3.13. The molecule has 0 bridgehead atoms. The van der Waals surface area contributed by atoms with Crippen LogP contribution in [0.25, 0.3) is 11.0 Å². The summed E-state index contributed by atoms with van der Waals surface area (Å²) in [5.74, 6) is -0.593. The second-order valence-electron chi connectivity index (χ2n) is 5.25. The molecule has 9 heteroatoms. The van der Waals surface area contributed by atoms with Gasteiger partial charge in [0.05, 0.1) is 0 Å². The van der Waals surface area contributed by atoms with E-state index < -0.39 is 18.6 Å². The van der Waals surface area contributed by atoms with E-state index in [1.165, 1.54) is 23.1 Å². The number of para-hydroxylation sites is 1. The Morgan fingerprint density at radius 2 is 2.12 bits per heavy atom. The molecule has 0 aliphatic rings. The molecule has 0 aliphatic heterocycles. The minimum Gasteiger partial charge on any atom is -0.451 e. The lowest BCUT2D eigenvalue weighted by atomic mass is 10.1. The molecule has 0 atom stereocenters. The van der Waals surface area contributed by atoms with Crippen molar-refractivity contribution in [2.75, 3.05) is 6.54 Å². The van der Waals surface area contributed by atoms with E-state index in [9.17, 15) is 18.0 Å². The molecule has 0 aliphatic carbocycles. The van der Waals surface area contributed by atoms with Crippen LogP contribution in [0.15, 0.2) is 38.4 Å². The first kappa shape index (κ1) is 17.8. The van der Waals surface area contributed by atoms with Crippen LogP contribution in [0, 0.1) is 6.92 Å². The van der Waals surface area contributed by atoms with Crippen molar-refractivity contribution >= 4 is 40.0 Å². The molecule has 2 heterocycles. The molecule has 0 unspecified atom stereocenters. The Kier molecular flexibility index (Phi) is 5.05. The van der Waals surface area contributed by atoms with Crippen molar-refractivity contribution in [3.05, 3.63) is 46.7 Å². The fourth-order valence-corrected chi connectivity index (χ4v) is 4.10. The first-order chi connectivity index (χ1) is 11.8. The predicted molar refractivity (Wildman–Crippen MR) is 91.0 cm³/mol. The van der Waals surface area contributed by atoms with Crippen molar-refractivity contribution < 1.29 is 22.4 Å². The Morgan fingerprint density at radius 1 is 1.36 bits per heavy atom. The molecular formula is C16H13F3N2O2S2. The maximum absolute atomic E-state index is 12.4. The van der Waals surface area contributed by atoms with Crippen LogP contribution in [0.4, 0.5) is 13.2 Å². The third-order valence-electron chi connectivity index (χ3n) is 3.29. The minimum atomic E-state index is -4.48. The maximum atomic E-state index is 12.4. The maximum Gasteiger partial charge on any atom is 0.405 e. The molecule has 0 saturated heterocycles. The number of nitrogens with one attached hydrogen (secondary N) is 1. The highest BCUT2D eigenvalue weighted by Crippen LogP contribution is 2.33. The summed E-state index contributed by atoms with van der Waals surface area (Å²) in [6, 6.07) is 6.99. The number of hydrogen-bond donors (Lipinski definition) is 1. The molecule has 0 radical (unpaired) electrons. The zero-order chi connectivity index (χ0) is 18.0. The molecule has 2 aromatic heterocycles. The number of rotatable bonds is 5. The smallest absolute Gasteiger partial charge is 0.405 e. The van der Waals surface area contributed by atoms with Gasteiger partial charge in [0.2, 0.25) is 0 Å². The van der Waals surface area contributed by atoms with Crippen LogP contribution < -0.4 is 5.32 Å². The van der Waals surface area contributed by atoms with Crippen molar-refractivity contribution in [1.29, 1.82) is 0 Å². The number of amides is 1. The number of nitrogens with zero attached hydrogens (tertiary/aromatic N) is 1. The topological polar surface area (TPSA) is 55.1 Å². The predicted octanol–water partition coefficient (Wildman–Crippen LogP) is 4.78. The molecule has 4 nitrogen and oxygen atoms in total. The molecule has 0 spiro atoms. The Labute approximate surface area is 149 Å². The van der Waals surface area contributed by atoms with Gasteiger partial charge in [0.25, 0.3) is 5.91 Å². The second-order valence-corrected chi connectivity index (χ2v) is 7.33. The number of hydrogen-bond acceptors (Lipinski definition) is 5. The van der Waals surface area contributed by atoms with Crippen molar-refractivity contribution in [2.45, 2.75) is 23.2 Å². The Morgan fingerprint density at radius 3 is 2.80 bits per heavy atom. The van der Waals surface area contributed by atoms with E-state index in [-0.39, 0.29) is 5.76 Å². The van der Waals surface area contributed by atoms with Gasteiger partial charge in [-0.15, -0.1) is 11.3 Å². The largest absolute Gasteiger partial charge is 0.451 e. The van der Waals surface area contributed by atoms with Gasteiger partial charge in [-0.3, -0.25) is 4.79 Å². The highest BCUT2D eigenvalue weighted by atomic mass is 32.2. The molecule has 0 fully saturated rings. The van der Waals surface area contributed by atoms with Crippen LogP contribution in [0.2, 0.25) is 0 Å². The number of carbonyl (C=O) groups is 1. The Bertz CT molecular complexity index is 902. The lowest BCUT2D eigenvalue weighted by Crippen LogP contribution is -2.33. The van der Waals surface area contributed by atoms with Crippen LogP contribution in [-0.2, 0) is 5.75 Å². The summed E-state index contributed by atoms with van der Waals surface area (Å²) in [5.41, 5.74) is 1.92. The highest BCUT2D eigenvalue weighted by Gasteiger charge is 2.29. The third kappa shape index (κ3) is 4.35. The van der Waals surface area contributed by atoms with Gasteiger partial charge in [0.1, 0.15) is 16.5 Å². The first-order valence-electron chi connectivity index (χ1n) is 7.24. The highest BCUT2D eigenvalue weighted by molar-refractivity contribution is 8.00. The molecular weight excluding hydrogens is 373 g/mol. The fourth-order valence-electron chi connectivity index (χ4n) is 2.22. The molecule has 3 aromatic rings. The second kappa shape index (κ2) is 7.09. The van der Waals surface area contributed by atoms with Gasteiger partial charge in [-0.1, -0.05) is 30.0 Å². The number of aromatic nitrogens is 1. The molecule has 1 amide bonds. The number of furan rings is 1. The van der Waals surface area contributed by atoms with Gasteiger partial charge in [0.15, 0.2) is 5.76 Å². The zero-order valence-corrected chi connectivity index (χ0v) is 14.6. The van der Waals surface area contributed by atoms with Gasteiger partial charge in [0, 0.05) is 27.8 Å². The van der Waals surface area contributed by atoms with Crippen LogP contribution in [0.1, 0.15) is 21.8 Å². The van der Waals surface area contributed by atoms with Crippen LogP contribution in [0.3, 0.4) is 0 Å². The average molecular weight is 386 g/mol. The molecule has 3 rings (SSSR count). The van der Waals surface area contributed by atoms with Crippen molar-refractivity contribution in [1.82, 2.24) is 10.3 Å². The van der Waals surface area contributed by atoms with E-state index >= 15 is 0 Å². The number of fused-ring (bicyclic) bond motifs is 1. The van der Waals surface area contributed by atoms with E-state index in [1.807, 2.05) is 17.6 Å². The molecule has 1 N–H and O–H groups in total. The molecule has 132 valence electrons. The minimum absolute atomic E-state index is 0.0915. The third-order valence-corrected chi connectivity index (χ3v) is 5.46. The summed E-state index contributed by atoms with van der Waals surface area (Å²) in [6.45, 7) is 0.477. The molecule has 0 saturated carbocycles. The van der Waals surface area contributed by atoms with Crippen LogP contribution in [-0.4, -0.2) is 23.6 Å². The lowest BCUT2D eigenvalue weighted by molar-refractivity contribution is -0.123. The number of thioether (sulfide) groups is 1. The van der Waals surface area contributed by atoms with Crippen molar-refractivity contribution in [2.24, 2.45) is 0 Å². The summed E-state index contributed by atoms with van der Waals surface area (Å²) in [4.78, 5) is 16.5. The Balaban J connectivity index is 1.87. The summed E-state index contributed by atoms with van der Waals surface area (Å²) >= 11 is 2.89. The van der Waals surface area contributed by atoms with E-state index in [1.54, 1.807) is 24.3 Å². The van der Waals surface area contributed by atoms with Crippen molar-refractivity contribution in [3.8, 4) is 0 Å². The number of aryl methyl sites for hydroxylation is 1. The Hall–Kier alpha value is -2.00. The van der Waals surface area contributed by atoms with E-state index in [0.717, 1.165) is 10.0 Å². The zero-order valence-electron chi connectivity index (χ0n) is 13.0. The van der Waals surface area contributed by atoms with Crippen LogP contribution >= 0.6 is 23.1 Å². The van der Waals surface area contributed by atoms with Crippen LogP contribution in [0.5, 0.6) is 0 Å². The normalized spacial score (nSPS) is 11.8. The summed E-state index contributed by atoms with van der Waals surface area (Å²) in [7, 11) is 0. The monoisotopic (exact) mass is 386 g/mol. The molecule has 25 heavy (non-hydrogen) atoms. The van der Waals surface area contributed by atoms with Gasteiger partial charge in [-0.25, -0.2) is 4.98 Å². The summed E-state index contributed by atoms with van der Waals surface area (Å²) in [5, 5.41) is 4.48. The van der Waals surface area contributed by atoms with E-state index in [2.05, 4.69) is 4.98 Å². The summed E-state index contributed by atoms with van der Waals surface area (Å²) in [6.07, 6.45) is -4.48. The fraction of sp³-hybridized carbons (Fsp3) is 0.250. The lowest BCUT2D eigenvalue weighted by Gasteiger charge is -2.07. The van der Waals surface area contributed by atoms with Gasteiger partial charge >= 0.3 is 6.18 Å². The number of benzene rings is 1. The van der Waals surface area contributed by atoms with Crippen molar-refractivity contribution in [3.63, 3.8) is 0 Å². The quantitative estimate of drug-likeness (QED) is 0.641. The SMILES string of the molecule is Cc1csc(SCc2c(C(=O)NCC(F)(F)F)oc3ccccc23)n1.